The first-order valence-corrected chi connectivity index (χ1v) is 9.62. The first kappa shape index (κ1) is 16.2. The van der Waals surface area contributed by atoms with Crippen LogP contribution in [0.25, 0.3) is 0 Å². The highest BCUT2D eigenvalue weighted by atomic mass is 79.9. The molecule has 0 atom stereocenters. The van der Waals surface area contributed by atoms with Crippen LogP contribution in [0.1, 0.15) is 15.9 Å². The average Bonchev–Trinajstić information content (AvgIpc) is 2.82. The summed E-state index contributed by atoms with van der Waals surface area (Å²) in [6.07, 6.45) is 1.14. The van der Waals surface area contributed by atoms with Gasteiger partial charge >= 0.3 is 0 Å². The summed E-state index contributed by atoms with van der Waals surface area (Å²) in [7, 11) is -1.52. The maximum atomic E-state index is 12.3. The smallest absolute Gasteiger partial charge is 0.253 e. The maximum absolute atomic E-state index is 12.3. The fourth-order valence-electron chi connectivity index (χ4n) is 1.84. The van der Waals surface area contributed by atoms with Gasteiger partial charge in [0.25, 0.3) is 5.91 Å². The number of halogens is 1. The number of hydrogen-bond acceptors (Lipinski definition) is 4. The first-order chi connectivity index (χ1) is 9.77. The van der Waals surface area contributed by atoms with Crippen molar-refractivity contribution in [3.05, 3.63) is 50.6 Å². The molecule has 4 nitrogen and oxygen atoms in total. The molecule has 0 N–H and O–H groups in total. The lowest BCUT2D eigenvalue weighted by Gasteiger charge is -2.16. The fourth-order valence-corrected chi connectivity index (χ4v) is 3.67. The predicted octanol–water partition coefficient (Wildman–Crippen LogP) is 3.19. The molecule has 1 aromatic heterocycles. The molecule has 1 amide bonds. The molecule has 0 saturated carbocycles. The molecule has 1 aromatic carbocycles. The van der Waals surface area contributed by atoms with Crippen LogP contribution in [0.2, 0.25) is 0 Å². The van der Waals surface area contributed by atoms with E-state index in [2.05, 4.69) is 15.9 Å². The number of nitrogens with zero attached hydrogens (tertiary/aromatic N) is 1. The van der Waals surface area contributed by atoms with Gasteiger partial charge in [0.15, 0.2) is 9.84 Å². The van der Waals surface area contributed by atoms with Crippen LogP contribution < -0.4 is 0 Å². The number of carbonyl (C=O) groups excluding carboxylic acids is 1. The molecule has 0 spiro atoms. The van der Waals surface area contributed by atoms with Crippen molar-refractivity contribution in [1.82, 2.24) is 4.90 Å². The van der Waals surface area contributed by atoms with Gasteiger partial charge in [-0.25, -0.2) is 8.42 Å². The Morgan fingerprint density at radius 3 is 2.38 bits per heavy atom. The molecular formula is C14H14BrNO3S2. The standard InChI is InChI=1S/C14H14BrNO3S2/c1-16(8-10-7-13(15)20-9-10)14(17)11-3-5-12(6-4-11)21(2,18)19/h3-7,9H,8H2,1-2H3. The van der Waals surface area contributed by atoms with E-state index in [-0.39, 0.29) is 10.8 Å². The lowest BCUT2D eigenvalue weighted by molar-refractivity contribution is 0.0785. The van der Waals surface area contributed by atoms with Gasteiger partial charge in [0, 0.05) is 25.4 Å². The van der Waals surface area contributed by atoms with Crippen LogP contribution in [0.4, 0.5) is 0 Å². The maximum Gasteiger partial charge on any atom is 0.253 e. The Morgan fingerprint density at radius 1 is 1.29 bits per heavy atom. The predicted molar refractivity (Wildman–Crippen MR) is 87.4 cm³/mol. The summed E-state index contributed by atoms with van der Waals surface area (Å²) < 4.78 is 23.8. The van der Waals surface area contributed by atoms with E-state index in [1.165, 1.54) is 12.1 Å². The van der Waals surface area contributed by atoms with Gasteiger partial charge in [-0.2, -0.15) is 0 Å². The van der Waals surface area contributed by atoms with Crippen molar-refractivity contribution in [3.8, 4) is 0 Å². The van der Waals surface area contributed by atoms with Crippen molar-refractivity contribution < 1.29 is 13.2 Å². The van der Waals surface area contributed by atoms with E-state index in [0.29, 0.717) is 12.1 Å². The third-order valence-corrected chi connectivity index (χ3v) is 5.60. The number of carbonyl (C=O) groups is 1. The summed E-state index contributed by atoms with van der Waals surface area (Å²) in [5, 5.41) is 1.99. The molecule has 0 saturated heterocycles. The number of thiophene rings is 1. The van der Waals surface area contributed by atoms with Gasteiger partial charge in [0.05, 0.1) is 8.68 Å². The minimum Gasteiger partial charge on any atom is -0.337 e. The van der Waals surface area contributed by atoms with Crippen molar-refractivity contribution in [3.63, 3.8) is 0 Å². The second-order valence-corrected chi connectivity index (χ2v) is 9.02. The summed E-state index contributed by atoms with van der Waals surface area (Å²) in [4.78, 5) is 14.1. The molecule has 7 heteroatoms. The Hall–Kier alpha value is -1.18. The van der Waals surface area contributed by atoms with Crippen LogP contribution in [0.3, 0.4) is 0 Å². The van der Waals surface area contributed by atoms with E-state index in [0.717, 1.165) is 15.6 Å². The van der Waals surface area contributed by atoms with Crippen LogP contribution in [0.15, 0.2) is 44.4 Å². The number of sulfone groups is 1. The molecule has 0 aliphatic rings. The summed E-state index contributed by atoms with van der Waals surface area (Å²) >= 11 is 4.96. The molecule has 0 fully saturated rings. The Labute approximate surface area is 136 Å². The highest BCUT2D eigenvalue weighted by molar-refractivity contribution is 9.11. The van der Waals surface area contributed by atoms with Gasteiger partial charge in [0.1, 0.15) is 0 Å². The van der Waals surface area contributed by atoms with Crippen molar-refractivity contribution in [2.75, 3.05) is 13.3 Å². The second-order valence-electron chi connectivity index (χ2n) is 4.72. The second kappa shape index (κ2) is 6.29. The zero-order valence-corrected chi connectivity index (χ0v) is 14.8. The van der Waals surface area contributed by atoms with Crippen LogP contribution in [0, 0.1) is 0 Å². The molecule has 0 bridgehead atoms. The van der Waals surface area contributed by atoms with Crippen LogP contribution >= 0.6 is 27.3 Å². The summed E-state index contributed by atoms with van der Waals surface area (Å²) in [6, 6.07) is 7.97. The van der Waals surface area contributed by atoms with Gasteiger partial charge in [-0.15, -0.1) is 11.3 Å². The van der Waals surface area contributed by atoms with Crippen LogP contribution in [0.5, 0.6) is 0 Å². The number of amides is 1. The molecular weight excluding hydrogens is 374 g/mol. The first-order valence-electron chi connectivity index (χ1n) is 6.06. The van der Waals surface area contributed by atoms with Gasteiger partial charge in [-0.3, -0.25) is 4.79 Å². The Bertz CT molecular complexity index is 751. The van der Waals surface area contributed by atoms with Crippen molar-refractivity contribution >= 4 is 43.0 Å². The van der Waals surface area contributed by atoms with E-state index in [9.17, 15) is 13.2 Å². The normalized spacial score (nSPS) is 11.4. The zero-order valence-electron chi connectivity index (χ0n) is 11.5. The molecule has 1 heterocycles. The van der Waals surface area contributed by atoms with Gasteiger partial charge in [-0.1, -0.05) is 0 Å². The van der Waals surface area contributed by atoms with E-state index in [4.69, 9.17) is 0 Å². The quantitative estimate of drug-likeness (QED) is 0.809. The minimum absolute atomic E-state index is 0.141. The van der Waals surface area contributed by atoms with Gasteiger partial charge < -0.3 is 4.90 Å². The van der Waals surface area contributed by atoms with Gasteiger partial charge in [0.2, 0.25) is 0 Å². The Morgan fingerprint density at radius 2 is 1.90 bits per heavy atom. The lowest BCUT2D eigenvalue weighted by atomic mass is 10.2. The number of rotatable bonds is 4. The zero-order chi connectivity index (χ0) is 15.6. The van der Waals surface area contributed by atoms with E-state index < -0.39 is 9.84 Å². The molecule has 0 aliphatic carbocycles. The fraction of sp³-hybridized carbons (Fsp3) is 0.214. The molecule has 0 unspecified atom stereocenters. The largest absolute Gasteiger partial charge is 0.337 e. The Kier molecular flexibility index (Phi) is 4.85. The molecule has 2 rings (SSSR count). The van der Waals surface area contributed by atoms with Crippen molar-refractivity contribution in [2.24, 2.45) is 0 Å². The van der Waals surface area contributed by atoms with Crippen molar-refractivity contribution in [2.45, 2.75) is 11.4 Å². The molecule has 112 valence electrons. The lowest BCUT2D eigenvalue weighted by Crippen LogP contribution is -2.25. The summed E-state index contributed by atoms with van der Waals surface area (Å²) in [5.74, 6) is -0.141. The number of benzene rings is 1. The highest BCUT2D eigenvalue weighted by Crippen LogP contribution is 2.22. The third kappa shape index (κ3) is 4.15. The van der Waals surface area contributed by atoms with Crippen molar-refractivity contribution in [1.29, 1.82) is 0 Å². The SMILES string of the molecule is CN(Cc1csc(Br)c1)C(=O)c1ccc(S(C)(=O)=O)cc1. The molecule has 2 aromatic rings. The molecule has 21 heavy (non-hydrogen) atoms. The molecule has 0 radical (unpaired) electrons. The third-order valence-electron chi connectivity index (χ3n) is 2.92. The van der Waals surface area contributed by atoms with E-state index in [1.54, 1.807) is 35.4 Å². The Balaban J connectivity index is 2.12. The van der Waals surface area contributed by atoms with Crippen LogP contribution in [-0.2, 0) is 16.4 Å². The monoisotopic (exact) mass is 387 g/mol. The topological polar surface area (TPSA) is 54.5 Å². The highest BCUT2D eigenvalue weighted by Gasteiger charge is 2.14. The van der Waals surface area contributed by atoms with E-state index in [1.807, 2.05) is 11.4 Å². The summed E-state index contributed by atoms with van der Waals surface area (Å²) in [6.45, 7) is 0.509. The van der Waals surface area contributed by atoms with E-state index >= 15 is 0 Å². The average molecular weight is 388 g/mol. The van der Waals surface area contributed by atoms with Gasteiger partial charge in [-0.05, 0) is 57.2 Å². The molecule has 0 aliphatic heterocycles. The van der Waals surface area contributed by atoms with Crippen LogP contribution in [-0.4, -0.2) is 32.5 Å². The number of hydrogen-bond donors (Lipinski definition) is 0. The minimum atomic E-state index is -3.24. The summed E-state index contributed by atoms with van der Waals surface area (Å²) in [5.41, 5.74) is 1.52.